The zero-order valence-electron chi connectivity index (χ0n) is 13.4. The number of hydrogen-bond donors (Lipinski definition) is 3. The van der Waals surface area contributed by atoms with Gasteiger partial charge in [0, 0.05) is 30.7 Å². The highest BCUT2D eigenvalue weighted by atomic mass is 16.1. The molecule has 0 aromatic heterocycles. The number of fused-ring (bicyclic) bond motifs is 1. The predicted octanol–water partition coefficient (Wildman–Crippen LogP) is 2.46. The van der Waals surface area contributed by atoms with Crippen molar-refractivity contribution in [3.8, 4) is 0 Å². The van der Waals surface area contributed by atoms with Crippen molar-refractivity contribution in [3.63, 3.8) is 0 Å². The lowest BCUT2D eigenvalue weighted by molar-refractivity contribution is 0.0953. The Balaban J connectivity index is 1.47. The zero-order valence-corrected chi connectivity index (χ0v) is 13.4. The summed E-state index contributed by atoms with van der Waals surface area (Å²) < 4.78 is 0. The molecule has 2 atom stereocenters. The van der Waals surface area contributed by atoms with E-state index in [4.69, 9.17) is 5.73 Å². The molecular weight excluding hydrogens is 286 g/mol. The standard InChI is InChI=1S/C19H23N3O/c1-13-6-8-14(9-7-13)19(23)22-11-10-21-18-12-17(20)15-4-2-3-5-16(15)18/h2-9,17-18,21H,10-12,20H2,1H3,(H,22,23). The molecule has 1 aliphatic carbocycles. The van der Waals surface area contributed by atoms with E-state index < -0.39 is 0 Å². The molecule has 3 rings (SSSR count). The van der Waals surface area contributed by atoms with E-state index in [-0.39, 0.29) is 18.0 Å². The van der Waals surface area contributed by atoms with Gasteiger partial charge in [0.15, 0.2) is 0 Å². The second-order valence-corrected chi connectivity index (χ2v) is 6.10. The van der Waals surface area contributed by atoms with E-state index in [9.17, 15) is 4.79 Å². The number of aryl methyl sites for hydroxylation is 1. The summed E-state index contributed by atoms with van der Waals surface area (Å²) >= 11 is 0. The monoisotopic (exact) mass is 309 g/mol. The summed E-state index contributed by atoms with van der Waals surface area (Å²) in [5, 5.41) is 6.43. The van der Waals surface area contributed by atoms with Crippen LogP contribution in [-0.4, -0.2) is 19.0 Å². The lowest BCUT2D eigenvalue weighted by Crippen LogP contribution is -2.33. The van der Waals surface area contributed by atoms with Crippen molar-refractivity contribution in [2.24, 2.45) is 5.73 Å². The molecule has 23 heavy (non-hydrogen) atoms. The summed E-state index contributed by atoms with van der Waals surface area (Å²) in [6.07, 6.45) is 0.908. The van der Waals surface area contributed by atoms with Crippen LogP contribution in [0.5, 0.6) is 0 Å². The molecule has 2 aromatic carbocycles. The highest BCUT2D eigenvalue weighted by Crippen LogP contribution is 2.36. The number of nitrogens with one attached hydrogen (secondary N) is 2. The lowest BCUT2D eigenvalue weighted by Gasteiger charge is -2.14. The van der Waals surface area contributed by atoms with Crippen LogP contribution >= 0.6 is 0 Å². The summed E-state index contributed by atoms with van der Waals surface area (Å²) in [6.45, 7) is 3.33. The van der Waals surface area contributed by atoms with Crippen molar-refractivity contribution in [3.05, 3.63) is 70.8 Å². The Bertz CT molecular complexity index is 681. The van der Waals surface area contributed by atoms with Gasteiger partial charge in [-0.3, -0.25) is 4.79 Å². The number of benzene rings is 2. The van der Waals surface area contributed by atoms with Crippen molar-refractivity contribution < 1.29 is 4.79 Å². The van der Waals surface area contributed by atoms with Crippen LogP contribution in [0.1, 0.15) is 45.6 Å². The van der Waals surface area contributed by atoms with E-state index in [1.807, 2.05) is 43.3 Å². The Morgan fingerprint density at radius 1 is 1.09 bits per heavy atom. The van der Waals surface area contributed by atoms with Crippen LogP contribution in [-0.2, 0) is 0 Å². The van der Waals surface area contributed by atoms with Crippen molar-refractivity contribution in [1.29, 1.82) is 0 Å². The van der Waals surface area contributed by atoms with Crippen LogP contribution in [0.3, 0.4) is 0 Å². The predicted molar refractivity (Wildman–Crippen MR) is 92.2 cm³/mol. The average Bonchev–Trinajstić information content (AvgIpc) is 2.89. The second kappa shape index (κ2) is 6.94. The van der Waals surface area contributed by atoms with Gasteiger partial charge in [-0.25, -0.2) is 0 Å². The van der Waals surface area contributed by atoms with Gasteiger partial charge in [0.2, 0.25) is 0 Å². The van der Waals surface area contributed by atoms with E-state index in [2.05, 4.69) is 22.8 Å². The average molecular weight is 309 g/mol. The fraction of sp³-hybridized carbons (Fsp3) is 0.316. The largest absolute Gasteiger partial charge is 0.351 e. The molecular formula is C19H23N3O. The van der Waals surface area contributed by atoms with Gasteiger partial charge in [0.1, 0.15) is 0 Å². The van der Waals surface area contributed by atoms with E-state index >= 15 is 0 Å². The normalized spacial score (nSPS) is 19.4. The first-order valence-corrected chi connectivity index (χ1v) is 8.08. The molecule has 1 aliphatic rings. The van der Waals surface area contributed by atoms with Gasteiger partial charge >= 0.3 is 0 Å². The Hall–Kier alpha value is -2.17. The molecule has 4 nitrogen and oxygen atoms in total. The molecule has 4 N–H and O–H groups in total. The first kappa shape index (κ1) is 15.7. The molecule has 0 bridgehead atoms. The van der Waals surface area contributed by atoms with Crippen molar-refractivity contribution >= 4 is 5.91 Å². The third-order valence-electron chi connectivity index (χ3n) is 4.38. The SMILES string of the molecule is Cc1ccc(C(=O)NCCNC2CC(N)c3ccccc32)cc1. The number of carbonyl (C=O) groups excluding carboxylic acids is 1. The quantitative estimate of drug-likeness (QED) is 0.743. The molecule has 0 spiro atoms. The molecule has 0 saturated carbocycles. The minimum Gasteiger partial charge on any atom is -0.351 e. The fourth-order valence-corrected chi connectivity index (χ4v) is 3.10. The van der Waals surface area contributed by atoms with E-state index in [0.29, 0.717) is 12.1 Å². The van der Waals surface area contributed by atoms with Crippen LogP contribution in [0.15, 0.2) is 48.5 Å². The summed E-state index contributed by atoms with van der Waals surface area (Å²) in [7, 11) is 0. The number of nitrogens with two attached hydrogens (primary N) is 1. The van der Waals surface area contributed by atoms with Crippen LogP contribution < -0.4 is 16.4 Å². The van der Waals surface area contributed by atoms with Gasteiger partial charge < -0.3 is 16.4 Å². The minimum absolute atomic E-state index is 0.0321. The molecule has 1 amide bonds. The molecule has 4 heteroatoms. The molecule has 2 unspecified atom stereocenters. The highest BCUT2D eigenvalue weighted by Gasteiger charge is 2.27. The smallest absolute Gasteiger partial charge is 0.251 e. The van der Waals surface area contributed by atoms with Gasteiger partial charge in [-0.15, -0.1) is 0 Å². The van der Waals surface area contributed by atoms with E-state index in [1.54, 1.807) is 0 Å². The molecule has 2 aromatic rings. The van der Waals surface area contributed by atoms with E-state index in [1.165, 1.54) is 11.1 Å². The molecule has 0 aliphatic heterocycles. The van der Waals surface area contributed by atoms with Crippen molar-refractivity contribution in [1.82, 2.24) is 10.6 Å². The molecule has 0 heterocycles. The molecule has 0 fully saturated rings. The maximum absolute atomic E-state index is 12.0. The fourth-order valence-electron chi connectivity index (χ4n) is 3.10. The Labute approximate surface area is 137 Å². The number of carbonyl (C=O) groups is 1. The first-order valence-electron chi connectivity index (χ1n) is 8.08. The number of rotatable bonds is 5. The van der Waals surface area contributed by atoms with Gasteiger partial charge in [-0.2, -0.15) is 0 Å². The molecule has 0 radical (unpaired) electrons. The lowest BCUT2D eigenvalue weighted by atomic mass is 10.1. The summed E-state index contributed by atoms with van der Waals surface area (Å²) in [5.41, 5.74) is 10.5. The third kappa shape index (κ3) is 3.60. The Morgan fingerprint density at radius 3 is 2.52 bits per heavy atom. The Kier molecular flexibility index (Phi) is 4.74. The van der Waals surface area contributed by atoms with Crippen LogP contribution in [0.4, 0.5) is 0 Å². The number of amides is 1. The maximum Gasteiger partial charge on any atom is 0.251 e. The first-order chi connectivity index (χ1) is 11.1. The van der Waals surface area contributed by atoms with Crippen LogP contribution in [0, 0.1) is 6.92 Å². The summed E-state index contributed by atoms with van der Waals surface area (Å²) in [5.74, 6) is -0.0321. The van der Waals surface area contributed by atoms with Crippen LogP contribution in [0.25, 0.3) is 0 Å². The van der Waals surface area contributed by atoms with Crippen LogP contribution in [0.2, 0.25) is 0 Å². The zero-order chi connectivity index (χ0) is 16.2. The summed E-state index contributed by atoms with van der Waals surface area (Å²) in [6, 6.07) is 16.3. The van der Waals surface area contributed by atoms with Crippen molar-refractivity contribution in [2.45, 2.75) is 25.4 Å². The van der Waals surface area contributed by atoms with Gasteiger partial charge in [-0.05, 0) is 36.6 Å². The topological polar surface area (TPSA) is 67.2 Å². The third-order valence-corrected chi connectivity index (χ3v) is 4.38. The summed E-state index contributed by atoms with van der Waals surface area (Å²) in [4.78, 5) is 12.0. The van der Waals surface area contributed by atoms with E-state index in [0.717, 1.165) is 18.5 Å². The van der Waals surface area contributed by atoms with Gasteiger partial charge in [0.25, 0.3) is 5.91 Å². The minimum atomic E-state index is -0.0321. The maximum atomic E-state index is 12.0. The van der Waals surface area contributed by atoms with Gasteiger partial charge in [-0.1, -0.05) is 42.0 Å². The van der Waals surface area contributed by atoms with Crippen molar-refractivity contribution in [2.75, 3.05) is 13.1 Å². The molecule has 120 valence electrons. The highest BCUT2D eigenvalue weighted by molar-refractivity contribution is 5.94. The number of hydrogen-bond acceptors (Lipinski definition) is 3. The van der Waals surface area contributed by atoms with Gasteiger partial charge in [0.05, 0.1) is 0 Å². The Morgan fingerprint density at radius 2 is 1.78 bits per heavy atom. The second-order valence-electron chi connectivity index (χ2n) is 6.10. The molecule has 0 saturated heterocycles.